The minimum atomic E-state index is -0.960. The molecule has 1 aromatic carbocycles. The number of ether oxygens (including phenoxy) is 1. The number of hydrogen-bond acceptors (Lipinski definition) is 5. The van der Waals surface area contributed by atoms with E-state index in [1.165, 1.54) is 21.2 Å². The molecule has 0 aromatic heterocycles. The van der Waals surface area contributed by atoms with Crippen LogP contribution in [-0.4, -0.2) is 54.0 Å². The summed E-state index contributed by atoms with van der Waals surface area (Å²) >= 11 is 1.94. The molecule has 0 spiro atoms. The van der Waals surface area contributed by atoms with E-state index in [-0.39, 0.29) is 17.9 Å². The number of rotatable bonds is 3. The van der Waals surface area contributed by atoms with Gasteiger partial charge in [0.05, 0.1) is 10.7 Å². The van der Waals surface area contributed by atoms with E-state index in [1.54, 1.807) is 12.1 Å². The molecule has 1 aliphatic heterocycles. The van der Waals surface area contributed by atoms with Crippen LogP contribution in [0.1, 0.15) is 5.56 Å². The number of carbonyl (C=O) groups is 3. The van der Waals surface area contributed by atoms with Gasteiger partial charge in [0.25, 0.3) is 0 Å². The average Bonchev–Trinajstić information content (AvgIpc) is 2.50. The highest BCUT2D eigenvalue weighted by Crippen LogP contribution is 2.33. The second-order valence-electron chi connectivity index (χ2n) is 4.96. The molecule has 0 radical (unpaired) electrons. The highest BCUT2D eigenvalue weighted by atomic mass is 127. The van der Waals surface area contributed by atoms with Crippen molar-refractivity contribution in [1.29, 1.82) is 0 Å². The number of hydrogen-bond donors (Lipinski definition) is 1. The third kappa shape index (κ3) is 2.74. The molecular formula is C14H15IN2O5. The van der Waals surface area contributed by atoms with Gasteiger partial charge in [-0.15, -0.1) is 0 Å². The van der Waals surface area contributed by atoms with E-state index >= 15 is 0 Å². The Balaban J connectivity index is 2.33. The lowest BCUT2D eigenvalue weighted by Crippen LogP contribution is -2.57. The van der Waals surface area contributed by atoms with Crippen LogP contribution in [0.4, 0.5) is 4.79 Å². The Hall–Kier alpha value is -1.84. The fourth-order valence-corrected chi connectivity index (χ4v) is 2.96. The zero-order valence-electron chi connectivity index (χ0n) is 12.3. The highest BCUT2D eigenvalue weighted by molar-refractivity contribution is 14.1. The van der Waals surface area contributed by atoms with Crippen LogP contribution in [0.25, 0.3) is 0 Å². The van der Waals surface area contributed by atoms with E-state index in [1.807, 2.05) is 22.6 Å². The molecule has 1 fully saturated rings. The Morgan fingerprint density at radius 1 is 1.18 bits per heavy atom. The van der Waals surface area contributed by atoms with E-state index < -0.39 is 23.8 Å². The lowest BCUT2D eigenvalue weighted by atomic mass is 9.95. The number of phenols is 1. The van der Waals surface area contributed by atoms with Crippen molar-refractivity contribution in [3.8, 4) is 11.5 Å². The molecule has 4 amide bonds. The second-order valence-corrected chi connectivity index (χ2v) is 6.12. The summed E-state index contributed by atoms with van der Waals surface area (Å²) in [5, 5.41) is 9.82. The van der Waals surface area contributed by atoms with Crippen LogP contribution in [0, 0.1) is 9.49 Å². The summed E-state index contributed by atoms with van der Waals surface area (Å²) in [6, 6.07) is 2.62. The fourth-order valence-electron chi connectivity index (χ4n) is 2.30. The van der Waals surface area contributed by atoms with Gasteiger partial charge in [0.15, 0.2) is 11.5 Å². The zero-order chi connectivity index (χ0) is 16.6. The van der Waals surface area contributed by atoms with Crippen molar-refractivity contribution in [3.05, 3.63) is 21.3 Å². The van der Waals surface area contributed by atoms with Gasteiger partial charge in [-0.05, 0) is 46.7 Å². The molecule has 1 heterocycles. The van der Waals surface area contributed by atoms with Gasteiger partial charge < -0.3 is 9.84 Å². The van der Waals surface area contributed by atoms with Gasteiger partial charge in [-0.2, -0.15) is 0 Å². The van der Waals surface area contributed by atoms with Crippen molar-refractivity contribution in [2.75, 3.05) is 21.2 Å². The first kappa shape index (κ1) is 16.5. The van der Waals surface area contributed by atoms with Gasteiger partial charge >= 0.3 is 6.03 Å². The number of benzene rings is 1. The first-order valence-corrected chi connectivity index (χ1v) is 7.50. The molecule has 8 heteroatoms. The largest absolute Gasteiger partial charge is 0.504 e. The Bertz CT molecular complexity index is 637. The predicted octanol–water partition coefficient (Wildman–Crippen LogP) is 1.21. The number of imide groups is 2. The molecular weight excluding hydrogens is 403 g/mol. The van der Waals surface area contributed by atoms with Crippen molar-refractivity contribution in [2.24, 2.45) is 5.92 Å². The van der Waals surface area contributed by atoms with Crippen LogP contribution in [0.5, 0.6) is 11.5 Å². The molecule has 2 rings (SSSR count). The Labute approximate surface area is 141 Å². The number of phenolic OH excluding ortho intramolecular Hbond substituents is 1. The maximum Gasteiger partial charge on any atom is 0.332 e. The minimum Gasteiger partial charge on any atom is -0.504 e. The molecule has 22 heavy (non-hydrogen) atoms. The lowest BCUT2D eigenvalue weighted by molar-refractivity contribution is -0.147. The van der Waals surface area contributed by atoms with E-state index in [0.29, 0.717) is 9.13 Å². The van der Waals surface area contributed by atoms with Crippen LogP contribution in [0.2, 0.25) is 0 Å². The number of aromatic hydroxyl groups is 1. The maximum atomic E-state index is 12.2. The second kappa shape index (κ2) is 6.11. The standard InChI is InChI=1S/C14H15IN2O5/c1-16-12(19)8(13(20)17(2)14(16)21)4-7-5-9(15)11(18)10(6-7)22-3/h5-6,8,18H,4H2,1-3H3. The van der Waals surface area contributed by atoms with Crippen molar-refractivity contribution in [3.63, 3.8) is 0 Å². The number of urea groups is 1. The molecule has 0 aliphatic carbocycles. The van der Waals surface area contributed by atoms with Crippen LogP contribution in [0.3, 0.4) is 0 Å². The maximum absolute atomic E-state index is 12.2. The quantitative estimate of drug-likeness (QED) is 0.589. The summed E-state index contributed by atoms with van der Waals surface area (Å²) in [5.41, 5.74) is 0.668. The van der Waals surface area contributed by atoms with Crippen LogP contribution in [0.15, 0.2) is 12.1 Å². The van der Waals surface area contributed by atoms with E-state index in [4.69, 9.17) is 4.74 Å². The predicted molar refractivity (Wildman–Crippen MR) is 85.5 cm³/mol. The smallest absolute Gasteiger partial charge is 0.332 e. The van der Waals surface area contributed by atoms with Gasteiger partial charge in [-0.3, -0.25) is 19.4 Å². The van der Waals surface area contributed by atoms with Crippen molar-refractivity contribution in [2.45, 2.75) is 6.42 Å². The summed E-state index contributed by atoms with van der Waals surface area (Å²) < 4.78 is 5.62. The molecule has 0 atom stereocenters. The van der Waals surface area contributed by atoms with Crippen LogP contribution in [-0.2, 0) is 16.0 Å². The molecule has 1 aromatic rings. The highest BCUT2D eigenvalue weighted by Gasteiger charge is 2.42. The number of halogens is 1. The summed E-state index contributed by atoms with van der Waals surface area (Å²) in [4.78, 5) is 37.9. The van der Waals surface area contributed by atoms with E-state index in [2.05, 4.69) is 0 Å². The molecule has 7 nitrogen and oxygen atoms in total. The van der Waals surface area contributed by atoms with Gasteiger partial charge in [0, 0.05) is 14.1 Å². The van der Waals surface area contributed by atoms with Crippen molar-refractivity contribution < 1.29 is 24.2 Å². The monoisotopic (exact) mass is 418 g/mol. The van der Waals surface area contributed by atoms with Crippen molar-refractivity contribution in [1.82, 2.24) is 9.80 Å². The van der Waals surface area contributed by atoms with Crippen molar-refractivity contribution >= 4 is 40.4 Å². The van der Waals surface area contributed by atoms with E-state index in [0.717, 1.165) is 9.80 Å². The molecule has 1 saturated heterocycles. The van der Waals surface area contributed by atoms with Gasteiger partial charge in [0.1, 0.15) is 5.92 Å². The summed E-state index contributed by atoms with van der Waals surface area (Å²) in [6.07, 6.45) is 0.131. The molecule has 0 unspecified atom stereocenters. The first-order chi connectivity index (χ1) is 10.3. The number of methoxy groups -OCH3 is 1. The Morgan fingerprint density at radius 3 is 2.23 bits per heavy atom. The minimum absolute atomic E-state index is 0.0116. The molecule has 1 N–H and O–H groups in total. The number of barbiturate groups is 1. The number of nitrogens with zero attached hydrogens (tertiary/aromatic N) is 2. The molecule has 118 valence electrons. The molecule has 0 bridgehead atoms. The molecule has 0 saturated carbocycles. The number of carbonyl (C=O) groups excluding carboxylic acids is 3. The zero-order valence-corrected chi connectivity index (χ0v) is 14.4. The van der Waals surface area contributed by atoms with Gasteiger partial charge in [0.2, 0.25) is 11.8 Å². The normalized spacial score (nSPS) is 16.5. The fraction of sp³-hybridized carbons (Fsp3) is 0.357. The summed E-state index contributed by atoms with van der Waals surface area (Å²) in [7, 11) is 4.12. The van der Waals surface area contributed by atoms with Gasteiger partial charge in [-0.25, -0.2) is 4.79 Å². The van der Waals surface area contributed by atoms with Gasteiger partial charge in [-0.1, -0.05) is 0 Å². The Kier molecular flexibility index (Phi) is 4.59. The average molecular weight is 418 g/mol. The summed E-state index contributed by atoms with van der Waals surface area (Å²) in [5.74, 6) is -1.74. The lowest BCUT2D eigenvalue weighted by Gasteiger charge is -2.32. The third-order valence-electron chi connectivity index (χ3n) is 3.58. The third-order valence-corrected chi connectivity index (χ3v) is 4.40. The topological polar surface area (TPSA) is 87.2 Å². The Morgan fingerprint density at radius 2 is 1.73 bits per heavy atom. The van der Waals surface area contributed by atoms with Crippen LogP contribution < -0.4 is 4.74 Å². The van der Waals surface area contributed by atoms with E-state index in [9.17, 15) is 19.5 Å². The van der Waals surface area contributed by atoms with Crippen LogP contribution >= 0.6 is 22.6 Å². The molecule has 1 aliphatic rings. The first-order valence-electron chi connectivity index (χ1n) is 6.42. The summed E-state index contributed by atoms with van der Waals surface area (Å²) in [6.45, 7) is 0. The number of amides is 4. The SMILES string of the molecule is COc1cc(CC2C(=O)N(C)C(=O)N(C)C2=O)cc(I)c1O.